The summed E-state index contributed by atoms with van der Waals surface area (Å²) >= 11 is 0. The predicted molar refractivity (Wildman–Crippen MR) is 138 cm³/mol. The van der Waals surface area contributed by atoms with Crippen LogP contribution in [0, 0.1) is 11.8 Å². The quantitative estimate of drug-likeness (QED) is 0.289. The van der Waals surface area contributed by atoms with Gasteiger partial charge in [-0.1, -0.05) is 102 Å². The molecule has 3 rings (SSSR count). The van der Waals surface area contributed by atoms with Crippen molar-refractivity contribution in [3.05, 3.63) is 65.9 Å². The van der Waals surface area contributed by atoms with Crippen LogP contribution in [0.3, 0.4) is 0 Å². The van der Waals surface area contributed by atoms with Crippen molar-refractivity contribution >= 4 is 12.9 Å². The van der Waals surface area contributed by atoms with Gasteiger partial charge < -0.3 is 5.32 Å². The zero-order valence-corrected chi connectivity index (χ0v) is 20.1. The largest absolute Gasteiger partial charge is 0.394 e. The second-order valence-corrected chi connectivity index (χ2v) is 10.3. The van der Waals surface area contributed by atoms with Gasteiger partial charge >= 0.3 is 0 Å². The monoisotopic (exact) mass is 416 g/mol. The highest BCUT2D eigenvalue weighted by Gasteiger charge is 2.23. The second kappa shape index (κ2) is 11.8. The molecule has 1 N–H and O–H groups in total. The lowest BCUT2D eigenvalue weighted by Crippen LogP contribution is -2.40. The van der Waals surface area contributed by atoms with Crippen LogP contribution < -0.4 is 5.32 Å². The van der Waals surface area contributed by atoms with Crippen LogP contribution in [0.15, 0.2) is 49.2 Å². The first-order valence-electron chi connectivity index (χ1n) is 12.7. The molecule has 1 aromatic carbocycles. The van der Waals surface area contributed by atoms with Crippen molar-refractivity contribution in [2.45, 2.75) is 96.7 Å². The average molecular weight is 416 g/mol. The third-order valence-corrected chi connectivity index (χ3v) is 7.18. The molecule has 1 aliphatic heterocycles. The lowest BCUT2D eigenvalue weighted by Gasteiger charge is -2.29. The Labute approximate surface area is 192 Å². The molecule has 167 valence electrons. The summed E-state index contributed by atoms with van der Waals surface area (Å²) in [6, 6.07) is 6.80. The van der Waals surface area contributed by atoms with Crippen LogP contribution in [0.4, 0.5) is 0 Å². The molecule has 1 saturated carbocycles. The lowest BCUT2D eigenvalue weighted by atomic mass is 9.57. The van der Waals surface area contributed by atoms with E-state index in [9.17, 15) is 0 Å². The minimum atomic E-state index is 0.400. The van der Waals surface area contributed by atoms with Gasteiger partial charge in [0, 0.05) is 5.70 Å². The number of hydrogen-bond acceptors (Lipinski definition) is 1. The van der Waals surface area contributed by atoms with Crippen LogP contribution in [0.25, 0.3) is 5.57 Å². The molecule has 2 heteroatoms. The predicted octanol–water partition coefficient (Wildman–Crippen LogP) is 7.63. The van der Waals surface area contributed by atoms with Gasteiger partial charge in [-0.05, 0) is 72.1 Å². The zero-order chi connectivity index (χ0) is 22.2. The molecule has 1 radical (unpaired) electrons. The summed E-state index contributed by atoms with van der Waals surface area (Å²) in [5.74, 6) is 1.90. The Morgan fingerprint density at radius 1 is 1.13 bits per heavy atom. The van der Waals surface area contributed by atoms with Crippen LogP contribution in [0.1, 0.15) is 94.7 Å². The first kappa shape index (κ1) is 24.0. The number of fused-ring (bicyclic) bond motifs is 1. The summed E-state index contributed by atoms with van der Waals surface area (Å²) in [6.07, 6.45) is 14.8. The van der Waals surface area contributed by atoms with Crippen molar-refractivity contribution in [1.29, 1.82) is 0 Å². The van der Waals surface area contributed by atoms with Crippen LogP contribution in [0.5, 0.6) is 0 Å². The van der Waals surface area contributed by atoms with Crippen LogP contribution >= 0.6 is 0 Å². The molecule has 0 aromatic heterocycles. The summed E-state index contributed by atoms with van der Waals surface area (Å²) in [6.45, 7) is 17.7. The van der Waals surface area contributed by atoms with Gasteiger partial charge in [-0.3, -0.25) is 0 Å². The maximum absolute atomic E-state index is 4.51. The number of allylic oxidation sites excluding steroid dienone is 3. The Morgan fingerprint density at radius 3 is 2.65 bits per heavy atom. The summed E-state index contributed by atoms with van der Waals surface area (Å²) in [5, 5.41) is 3.61. The molecule has 0 spiro atoms. The molecular weight excluding hydrogens is 373 g/mol. The van der Waals surface area contributed by atoms with E-state index in [1.165, 1.54) is 66.4 Å². The van der Waals surface area contributed by atoms with E-state index >= 15 is 0 Å². The van der Waals surface area contributed by atoms with Crippen molar-refractivity contribution in [3.8, 4) is 0 Å². The maximum Gasteiger partial charge on any atom is 0.146 e. The SMILES string of the molecule is C=C(CC(C)CC(=C)c1cccc2c1C[B][C@@H](NC(=C)CCC)C2)CC1CCCCC1. The molecule has 1 aliphatic carbocycles. The topological polar surface area (TPSA) is 12.0 Å². The fraction of sp³-hybridized carbons (Fsp3) is 0.586. The van der Waals surface area contributed by atoms with Crippen molar-refractivity contribution in [1.82, 2.24) is 5.32 Å². The first-order valence-corrected chi connectivity index (χ1v) is 12.7. The zero-order valence-electron chi connectivity index (χ0n) is 20.1. The normalized spacial score (nSPS) is 19.7. The summed E-state index contributed by atoms with van der Waals surface area (Å²) in [7, 11) is 2.43. The lowest BCUT2D eigenvalue weighted by molar-refractivity contribution is 0.350. The van der Waals surface area contributed by atoms with Gasteiger partial charge in [0.1, 0.15) is 7.28 Å². The van der Waals surface area contributed by atoms with Crippen molar-refractivity contribution < 1.29 is 0 Å². The highest BCUT2D eigenvalue weighted by atomic mass is 14.9. The average Bonchev–Trinajstić information content (AvgIpc) is 2.73. The van der Waals surface area contributed by atoms with Gasteiger partial charge in [-0.25, -0.2) is 0 Å². The minimum Gasteiger partial charge on any atom is -0.394 e. The van der Waals surface area contributed by atoms with Gasteiger partial charge in [0.2, 0.25) is 0 Å². The molecular formula is C29H43BN. The Morgan fingerprint density at radius 2 is 1.90 bits per heavy atom. The van der Waals surface area contributed by atoms with E-state index in [-0.39, 0.29) is 0 Å². The van der Waals surface area contributed by atoms with E-state index < -0.39 is 0 Å². The molecule has 1 nitrogen and oxygen atoms in total. The maximum atomic E-state index is 4.51. The van der Waals surface area contributed by atoms with Crippen molar-refractivity contribution in [3.63, 3.8) is 0 Å². The van der Waals surface area contributed by atoms with Crippen molar-refractivity contribution in [2.24, 2.45) is 11.8 Å². The van der Waals surface area contributed by atoms with Gasteiger partial charge in [0.15, 0.2) is 0 Å². The minimum absolute atomic E-state index is 0.400. The van der Waals surface area contributed by atoms with Crippen LogP contribution in [0.2, 0.25) is 0 Å². The Bertz CT molecular complexity index is 771. The Kier molecular flexibility index (Phi) is 9.11. The van der Waals surface area contributed by atoms with Gasteiger partial charge in [0.05, 0.1) is 0 Å². The standard InChI is InChI=1S/C29H43BN/c1-6-11-24(5)31-29-19-26-14-10-15-27(28(26)20-30-29)23(4)17-21(2)16-22(3)18-25-12-8-7-9-13-25/h10,14-15,21,25,29,31H,3-9,11-13,16-20H2,1-2H3/t21?,29-/m0/s1. The smallest absolute Gasteiger partial charge is 0.146 e. The number of rotatable bonds is 11. The van der Waals surface area contributed by atoms with E-state index in [1.807, 2.05) is 0 Å². The summed E-state index contributed by atoms with van der Waals surface area (Å²) in [4.78, 5) is 0. The second-order valence-electron chi connectivity index (χ2n) is 10.3. The number of hydrogen-bond donors (Lipinski definition) is 1. The highest BCUT2D eigenvalue weighted by Crippen LogP contribution is 2.34. The molecule has 0 amide bonds. The third kappa shape index (κ3) is 7.16. The molecule has 1 fully saturated rings. The molecule has 1 aromatic rings. The fourth-order valence-electron chi connectivity index (χ4n) is 5.70. The third-order valence-electron chi connectivity index (χ3n) is 7.18. The molecule has 0 bridgehead atoms. The Balaban J connectivity index is 1.54. The van der Waals surface area contributed by atoms with E-state index in [0.717, 1.165) is 50.0 Å². The van der Waals surface area contributed by atoms with Gasteiger partial charge in [0.25, 0.3) is 0 Å². The summed E-state index contributed by atoms with van der Waals surface area (Å²) < 4.78 is 0. The van der Waals surface area contributed by atoms with E-state index in [0.29, 0.717) is 11.9 Å². The molecule has 31 heavy (non-hydrogen) atoms. The first-order chi connectivity index (χ1) is 15.0. The van der Waals surface area contributed by atoms with E-state index in [4.69, 9.17) is 0 Å². The van der Waals surface area contributed by atoms with Crippen molar-refractivity contribution in [2.75, 3.05) is 0 Å². The van der Waals surface area contributed by atoms with Gasteiger partial charge in [-0.2, -0.15) is 0 Å². The van der Waals surface area contributed by atoms with E-state index in [1.54, 1.807) is 0 Å². The molecule has 2 atom stereocenters. The molecule has 2 aliphatic rings. The van der Waals surface area contributed by atoms with Crippen LogP contribution in [-0.4, -0.2) is 13.2 Å². The Hall–Kier alpha value is -1.70. The number of nitrogens with one attached hydrogen (secondary N) is 1. The summed E-state index contributed by atoms with van der Waals surface area (Å²) in [5.41, 5.74) is 8.25. The molecule has 1 heterocycles. The van der Waals surface area contributed by atoms with E-state index in [2.05, 4.69) is 64.4 Å². The highest BCUT2D eigenvalue weighted by molar-refractivity contribution is 6.38. The molecule has 0 saturated heterocycles. The van der Waals surface area contributed by atoms with Crippen LogP contribution in [-0.2, 0) is 12.7 Å². The fourth-order valence-corrected chi connectivity index (χ4v) is 5.70. The van der Waals surface area contributed by atoms with Gasteiger partial charge in [-0.15, -0.1) is 0 Å². The number of benzene rings is 1. The molecule has 1 unspecified atom stereocenters.